The summed E-state index contributed by atoms with van der Waals surface area (Å²) in [4.78, 5) is 12.4. The maximum Gasteiger partial charge on any atom is 0.488 e. The summed E-state index contributed by atoms with van der Waals surface area (Å²) in [5.41, 5.74) is 6.83. The van der Waals surface area contributed by atoms with Gasteiger partial charge in [-0.1, -0.05) is 54.5 Å². The summed E-state index contributed by atoms with van der Waals surface area (Å²) in [7, 11) is -1.64. The molecule has 0 heterocycles. The molecule has 0 bridgehead atoms. The Morgan fingerprint density at radius 3 is 2.29 bits per heavy atom. The monoisotopic (exact) mass is 411 g/mol. The number of carbonyl (C=O) groups is 1. The Kier molecular flexibility index (Phi) is 5.81. The molecule has 0 saturated carbocycles. The first kappa shape index (κ1) is 20.7. The third-order valence-corrected chi connectivity index (χ3v) is 5.77. The standard InChI is InChI=1S/C25H22BNO4/c1-3-17-12-18(16(2)24(13-17)26(29)30)14-27-25(28)31-15-23-21-10-6-4-8-19(21)20-9-5-7-11-22(20)23/h1,4-13,23,29-30H,14-15H2,2H3,(H,27,28). The Labute approximate surface area is 181 Å². The van der Waals surface area contributed by atoms with Crippen LogP contribution in [0, 0.1) is 19.3 Å². The first-order valence-corrected chi connectivity index (χ1v) is 10.0. The summed E-state index contributed by atoms with van der Waals surface area (Å²) in [6.45, 7) is 2.14. The van der Waals surface area contributed by atoms with E-state index in [1.54, 1.807) is 19.1 Å². The highest BCUT2D eigenvalue weighted by molar-refractivity contribution is 6.59. The van der Waals surface area contributed by atoms with Crippen molar-refractivity contribution in [3.8, 4) is 23.5 Å². The number of terminal acetylenes is 1. The van der Waals surface area contributed by atoms with Gasteiger partial charge in [0.1, 0.15) is 6.61 Å². The predicted molar refractivity (Wildman–Crippen MR) is 121 cm³/mol. The van der Waals surface area contributed by atoms with Gasteiger partial charge in [-0.2, -0.15) is 0 Å². The molecule has 1 aliphatic carbocycles. The normalized spacial score (nSPS) is 11.9. The number of amides is 1. The number of alkyl carbamates (subject to hydrolysis) is 1. The van der Waals surface area contributed by atoms with Crippen molar-refractivity contribution in [3.63, 3.8) is 0 Å². The van der Waals surface area contributed by atoms with E-state index in [9.17, 15) is 14.8 Å². The summed E-state index contributed by atoms with van der Waals surface area (Å²) >= 11 is 0. The topological polar surface area (TPSA) is 78.8 Å². The van der Waals surface area contributed by atoms with Crippen molar-refractivity contribution in [2.75, 3.05) is 6.61 Å². The molecular weight excluding hydrogens is 389 g/mol. The van der Waals surface area contributed by atoms with E-state index in [2.05, 4.69) is 35.5 Å². The highest BCUT2D eigenvalue weighted by atomic mass is 16.5. The van der Waals surface area contributed by atoms with Crippen LogP contribution in [-0.4, -0.2) is 29.9 Å². The fourth-order valence-corrected chi connectivity index (χ4v) is 4.15. The molecule has 1 aliphatic rings. The zero-order valence-corrected chi connectivity index (χ0v) is 17.1. The number of rotatable bonds is 5. The van der Waals surface area contributed by atoms with E-state index >= 15 is 0 Å². The molecule has 3 aromatic carbocycles. The Bertz CT molecular complexity index is 1140. The van der Waals surface area contributed by atoms with Gasteiger partial charge in [0, 0.05) is 18.0 Å². The maximum atomic E-state index is 12.4. The van der Waals surface area contributed by atoms with E-state index in [1.165, 1.54) is 11.1 Å². The zero-order chi connectivity index (χ0) is 22.0. The number of hydrogen-bond acceptors (Lipinski definition) is 4. The van der Waals surface area contributed by atoms with Crippen molar-refractivity contribution >= 4 is 18.7 Å². The summed E-state index contributed by atoms with van der Waals surface area (Å²) in [6, 6.07) is 19.6. The van der Waals surface area contributed by atoms with Gasteiger partial charge in [-0.25, -0.2) is 4.79 Å². The Balaban J connectivity index is 1.44. The van der Waals surface area contributed by atoms with Gasteiger partial charge in [-0.3, -0.25) is 0 Å². The van der Waals surface area contributed by atoms with Crippen LogP contribution in [0.2, 0.25) is 0 Å². The molecule has 5 nitrogen and oxygen atoms in total. The van der Waals surface area contributed by atoms with E-state index in [0.717, 1.165) is 11.1 Å². The van der Waals surface area contributed by atoms with Crippen LogP contribution in [0.15, 0.2) is 60.7 Å². The second-order valence-corrected chi connectivity index (χ2v) is 7.55. The molecule has 3 N–H and O–H groups in total. The molecule has 0 aromatic heterocycles. The summed E-state index contributed by atoms with van der Waals surface area (Å²) in [5, 5.41) is 21.9. The molecule has 0 atom stereocenters. The molecule has 0 spiro atoms. The lowest BCUT2D eigenvalue weighted by atomic mass is 9.75. The van der Waals surface area contributed by atoms with Gasteiger partial charge < -0.3 is 20.1 Å². The van der Waals surface area contributed by atoms with Crippen molar-refractivity contribution in [2.24, 2.45) is 0 Å². The Hall–Kier alpha value is -3.53. The van der Waals surface area contributed by atoms with Gasteiger partial charge in [0.2, 0.25) is 0 Å². The zero-order valence-electron chi connectivity index (χ0n) is 17.1. The largest absolute Gasteiger partial charge is 0.488 e. The van der Waals surface area contributed by atoms with E-state index in [-0.39, 0.29) is 19.1 Å². The van der Waals surface area contributed by atoms with Crippen LogP contribution < -0.4 is 10.8 Å². The number of benzene rings is 3. The second kappa shape index (κ2) is 8.69. The van der Waals surface area contributed by atoms with Crippen LogP contribution >= 0.6 is 0 Å². The van der Waals surface area contributed by atoms with E-state index in [1.807, 2.05) is 24.3 Å². The molecule has 154 valence electrons. The Morgan fingerprint density at radius 2 is 1.71 bits per heavy atom. The first-order valence-electron chi connectivity index (χ1n) is 10.0. The van der Waals surface area contributed by atoms with Crippen LogP contribution in [0.25, 0.3) is 11.1 Å². The molecule has 31 heavy (non-hydrogen) atoms. The van der Waals surface area contributed by atoms with Gasteiger partial charge in [-0.05, 0) is 57.9 Å². The minimum atomic E-state index is -1.64. The number of carbonyl (C=O) groups excluding carboxylic acids is 1. The van der Waals surface area contributed by atoms with Gasteiger partial charge in [-0.15, -0.1) is 6.42 Å². The smallest absolute Gasteiger partial charge is 0.449 e. The Morgan fingerprint density at radius 1 is 1.10 bits per heavy atom. The van der Waals surface area contributed by atoms with E-state index in [4.69, 9.17) is 11.2 Å². The van der Waals surface area contributed by atoms with Crippen LogP contribution in [0.4, 0.5) is 4.79 Å². The third kappa shape index (κ3) is 4.06. The molecule has 6 heteroatoms. The first-order chi connectivity index (χ1) is 15.0. The predicted octanol–water partition coefficient (Wildman–Crippen LogP) is 2.69. The number of ether oxygens (including phenoxy) is 1. The van der Waals surface area contributed by atoms with Crippen LogP contribution in [0.1, 0.15) is 33.7 Å². The van der Waals surface area contributed by atoms with Gasteiger partial charge in [0.15, 0.2) is 0 Å². The molecule has 0 fully saturated rings. The summed E-state index contributed by atoms with van der Waals surface area (Å²) < 4.78 is 5.55. The van der Waals surface area contributed by atoms with Crippen LogP contribution in [0.5, 0.6) is 0 Å². The molecule has 0 radical (unpaired) electrons. The molecule has 0 unspecified atom stereocenters. The molecule has 0 aliphatic heterocycles. The highest BCUT2D eigenvalue weighted by Gasteiger charge is 2.29. The summed E-state index contributed by atoms with van der Waals surface area (Å²) in [5.74, 6) is 2.48. The summed E-state index contributed by atoms with van der Waals surface area (Å²) in [6.07, 6.45) is 4.92. The lowest BCUT2D eigenvalue weighted by Gasteiger charge is -2.16. The minimum Gasteiger partial charge on any atom is -0.449 e. The second-order valence-electron chi connectivity index (χ2n) is 7.55. The average Bonchev–Trinajstić information content (AvgIpc) is 3.10. The maximum absolute atomic E-state index is 12.4. The van der Waals surface area contributed by atoms with Crippen molar-refractivity contribution in [1.82, 2.24) is 5.32 Å². The molecule has 3 aromatic rings. The number of nitrogens with one attached hydrogen (secondary N) is 1. The lowest BCUT2D eigenvalue weighted by molar-refractivity contribution is 0.142. The molecule has 0 saturated heterocycles. The van der Waals surface area contributed by atoms with Crippen LogP contribution in [-0.2, 0) is 11.3 Å². The van der Waals surface area contributed by atoms with E-state index in [0.29, 0.717) is 22.2 Å². The minimum absolute atomic E-state index is 0.0132. The van der Waals surface area contributed by atoms with Crippen molar-refractivity contribution < 1.29 is 19.6 Å². The fourth-order valence-electron chi connectivity index (χ4n) is 4.15. The van der Waals surface area contributed by atoms with E-state index < -0.39 is 13.2 Å². The SMILES string of the molecule is C#Cc1cc(CNC(=O)OCC2c3ccccc3-c3ccccc32)c(C)c(B(O)O)c1. The quantitative estimate of drug-likeness (QED) is 0.446. The van der Waals surface area contributed by atoms with Gasteiger partial charge in [0.05, 0.1) is 0 Å². The molecule has 1 amide bonds. The van der Waals surface area contributed by atoms with Crippen molar-refractivity contribution in [3.05, 3.63) is 88.5 Å². The molecule has 4 rings (SSSR count). The molecular formula is C25H22BNO4. The van der Waals surface area contributed by atoms with Gasteiger partial charge in [0.25, 0.3) is 0 Å². The number of hydrogen-bond donors (Lipinski definition) is 3. The van der Waals surface area contributed by atoms with Crippen LogP contribution in [0.3, 0.4) is 0 Å². The average molecular weight is 411 g/mol. The van der Waals surface area contributed by atoms with Crippen molar-refractivity contribution in [2.45, 2.75) is 19.4 Å². The van der Waals surface area contributed by atoms with Gasteiger partial charge >= 0.3 is 13.2 Å². The van der Waals surface area contributed by atoms with Crippen molar-refractivity contribution in [1.29, 1.82) is 0 Å². The lowest BCUT2D eigenvalue weighted by Crippen LogP contribution is -2.34. The number of fused-ring (bicyclic) bond motifs is 3. The third-order valence-electron chi connectivity index (χ3n) is 5.77. The fraction of sp³-hybridized carbons (Fsp3) is 0.160. The highest BCUT2D eigenvalue weighted by Crippen LogP contribution is 2.44.